The number of hydrogen-bond acceptors (Lipinski definition) is 4. The van der Waals surface area contributed by atoms with Crippen LogP contribution in [0.3, 0.4) is 0 Å². The van der Waals surface area contributed by atoms with Gasteiger partial charge in [0.15, 0.2) is 0 Å². The predicted octanol–water partition coefficient (Wildman–Crippen LogP) is 4.32. The van der Waals surface area contributed by atoms with Crippen LogP contribution in [0.1, 0.15) is 51.7 Å². The molecule has 1 unspecified atom stereocenters. The van der Waals surface area contributed by atoms with Crippen LogP contribution in [0.15, 0.2) is 48.5 Å². The monoisotopic (exact) mass is 357 g/mol. The van der Waals surface area contributed by atoms with Crippen LogP contribution in [0.5, 0.6) is 0 Å². The summed E-state index contributed by atoms with van der Waals surface area (Å²) in [6, 6.07) is 16.6. The van der Waals surface area contributed by atoms with E-state index in [-0.39, 0.29) is 18.1 Å². The van der Waals surface area contributed by atoms with Crippen molar-refractivity contribution in [2.75, 3.05) is 13.2 Å². The summed E-state index contributed by atoms with van der Waals surface area (Å²) in [5, 5.41) is 10.7. The van der Waals surface area contributed by atoms with Crippen LogP contribution in [0, 0.1) is 0 Å². The SMILES string of the molecule is CC.CC.CC(=O)OCC1c2ccccc2-c2ccccc21.OC1CN1. The number of carbonyl (C=O) groups excluding carboxylic acids is 1. The lowest BCUT2D eigenvalue weighted by Crippen LogP contribution is -2.09. The largest absolute Gasteiger partial charge is 0.465 e. The summed E-state index contributed by atoms with van der Waals surface area (Å²) in [5.74, 6) is -0.0573. The van der Waals surface area contributed by atoms with Crippen molar-refractivity contribution in [3.8, 4) is 11.1 Å². The van der Waals surface area contributed by atoms with E-state index >= 15 is 0 Å². The highest BCUT2D eigenvalue weighted by molar-refractivity contribution is 5.79. The summed E-state index contributed by atoms with van der Waals surface area (Å²) in [5.41, 5.74) is 5.01. The summed E-state index contributed by atoms with van der Waals surface area (Å²) in [6.45, 7) is 10.7. The van der Waals surface area contributed by atoms with Crippen LogP contribution < -0.4 is 5.32 Å². The summed E-state index contributed by atoms with van der Waals surface area (Å²) >= 11 is 0. The van der Waals surface area contributed by atoms with Gasteiger partial charge in [-0.25, -0.2) is 0 Å². The first kappa shape index (κ1) is 21.9. The molecular formula is C22H31NO3. The summed E-state index contributed by atoms with van der Waals surface area (Å²) in [6.07, 6.45) is -0.167. The topological polar surface area (TPSA) is 68.5 Å². The van der Waals surface area contributed by atoms with Crippen LogP contribution in [-0.2, 0) is 9.53 Å². The van der Waals surface area contributed by atoms with Gasteiger partial charge < -0.3 is 9.84 Å². The lowest BCUT2D eigenvalue weighted by Gasteiger charge is -2.12. The Balaban J connectivity index is 0.000000359. The number of aliphatic hydroxyl groups is 1. The van der Waals surface area contributed by atoms with Crippen molar-refractivity contribution in [2.24, 2.45) is 0 Å². The Morgan fingerprint density at radius 1 is 1.00 bits per heavy atom. The Morgan fingerprint density at radius 3 is 1.73 bits per heavy atom. The molecule has 1 aliphatic carbocycles. The molecule has 2 aromatic carbocycles. The van der Waals surface area contributed by atoms with E-state index in [0.29, 0.717) is 6.61 Å². The normalized spacial score (nSPS) is 15.5. The van der Waals surface area contributed by atoms with Gasteiger partial charge in [0.2, 0.25) is 0 Å². The average Bonchev–Trinajstić information content (AvgIpc) is 3.41. The molecule has 0 bridgehead atoms. The van der Waals surface area contributed by atoms with Crippen molar-refractivity contribution in [2.45, 2.75) is 46.8 Å². The molecule has 2 N–H and O–H groups in total. The highest BCUT2D eigenvalue weighted by Crippen LogP contribution is 2.44. The molecule has 2 aliphatic rings. The Kier molecular flexibility index (Phi) is 9.63. The second kappa shape index (κ2) is 11.4. The van der Waals surface area contributed by atoms with Gasteiger partial charge in [-0.15, -0.1) is 0 Å². The fourth-order valence-electron chi connectivity index (χ4n) is 2.69. The van der Waals surface area contributed by atoms with E-state index < -0.39 is 0 Å². The summed E-state index contributed by atoms with van der Waals surface area (Å²) < 4.78 is 5.20. The molecule has 4 heteroatoms. The first-order valence-corrected chi connectivity index (χ1v) is 9.40. The Labute approximate surface area is 157 Å². The minimum Gasteiger partial charge on any atom is -0.465 e. The standard InChI is InChI=1S/C16H14O2.C2H5NO.2C2H6/c1-11(17)18-10-16-14-8-4-2-6-12(14)13-7-3-5-9-15(13)16;4-2-1-3-2;2*1-2/h2-9,16H,10H2,1H3;2-4H,1H2;2*1-2H3. The maximum atomic E-state index is 11.0. The molecule has 0 spiro atoms. The number of nitrogens with one attached hydrogen (secondary N) is 1. The maximum Gasteiger partial charge on any atom is 0.302 e. The molecule has 0 amide bonds. The molecule has 1 saturated heterocycles. The van der Waals surface area contributed by atoms with E-state index in [1.54, 1.807) is 0 Å². The fourth-order valence-corrected chi connectivity index (χ4v) is 2.69. The number of ether oxygens (including phenoxy) is 1. The van der Waals surface area contributed by atoms with Crippen molar-refractivity contribution in [1.29, 1.82) is 0 Å². The van der Waals surface area contributed by atoms with Gasteiger partial charge in [0.1, 0.15) is 12.8 Å². The smallest absolute Gasteiger partial charge is 0.302 e. The van der Waals surface area contributed by atoms with Crippen LogP contribution in [0.4, 0.5) is 0 Å². The second-order valence-corrected chi connectivity index (χ2v) is 5.45. The van der Waals surface area contributed by atoms with Gasteiger partial charge in [0.25, 0.3) is 0 Å². The number of aliphatic hydroxyl groups excluding tert-OH is 1. The molecule has 142 valence electrons. The zero-order valence-electron chi connectivity index (χ0n) is 16.5. The number of carbonyl (C=O) groups is 1. The molecule has 1 atom stereocenters. The molecule has 0 saturated carbocycles. The van der Waals surface area contributed by atoms with Crippen molar-refractivity contribution < 1.29 is 14.6 Å². The highest BCUT2D eigenvalue weighted by Gasteiger charge is 2.28. The molecule has 0 aromatic heterocycles. The van der Waals surface area contributed by atoms with E-state index in [4.69, 9.17) is 9.84 Å². The molecule has 4 rings (SSSR count). The number of β-amino-alcohol motifs (C(OH)–C–C–N with tert-alkyl or cyclic N) is 1. The van der Waals surface area contributed by atoms with Crippen LogP contribution in [0.2, 0.25) is 0 Å². The van der Waals surface area contributed by atoms with E-state index in [1.165, 1.54) is 29.2 Å². The number of hydrogen-bond donors (Lipinski definition) is 2. The zero-order chi connectivity index (χ0) is 19.5. The molecule has 26 heavy (non-hydrogen) atoms. The zero-order valence-corrected chi connectivity index (χ0v) is 16.5. The van der Waals surface area contributed by atoms with Crippen molar-refractivity contribution in [3.63, 3.8) is 0 Å². The molecule has 0 radical (unpaired) electrons. The van der Waals surface area contributed by atoms with Gasteiger partial charge in [0.05, 0.1) is 0 Å². The lowest BCUT2D eigenvalue weighted by molar-refractivity contribution is -0.141. The van der Waals surface area contributed by atoms with Gasteiger partial charge in [-0.05, 0) is 22.3 Å². The van der Waals surface area contributed by atoms with E-state index in [2.05, 4.69) is 29.6 Å². The van der Waals surface area contributed by atoms with Gasteiger partial charge in [0, 0.05) is 19.4 Å². The molecule has 2 aromatic rings. The van der Waals surface area contributed by atoms with Crippen molar-refractivity contribution >= 4 is 5.97 Å². The van der Waals surface area contributed by atoms with Crippen LogP contribution in [-0.4, -0.2) is 30.5 Å². The number of fused-ring (bicyclic) bond motifs is 3. The predicted molar refractivity (Wildman–Crippen MR) is 107 cm³/mol. The third kappa shape index (κ3) is 5.97. The van der Waals surface area contributed by atoms with E-state index in [9.17, 15) is 4.79 Å². The van der Waals surface area contributed by atoms with Crippen molar-refractivity contribution in [3.05, 3.63) is 59.7 Å². The minimum absolute atomic E-state index is 0.167. The highest BCUT2D eigenvalue weighted by atomic mass is 16.5. The maximum absolute atomic E-state index is 11.0. The summed E-state index contributed by atoms with van der Waals surface area (Å²) in [4.78, 5) is 11.0. The van der Waals surface area contributed by atoms with E-state index in [0.717, 1.165) is 6.54 Å². The van der Waals surface area contributed by atoms with Gasteiger partial charge in [-0.1, -0.05) is 76.2 Å². The Morgan fingerprint density at radius 2 is 1.38 bits per heavy atom. The second-order valence-electron chi connectivity index (χ2n) is 5.45. The molecule has 1 heterocycles. The van der Waals surface area contributed by atoms with Gasteiger partial charge in [-0.3, -0.25) is 10.1 Å². The third-order valence-corrected chi connectivity index (χ3v) is 3.80. The number of esters is 1. The molecule has 1 fully saturated rings. The quantitative estimate of drug-likeness (QED) is 0.620. The van der Waals surface area contributed by atoms with Crippen LogP contribution >= 0.6 is 0 Å². The molecular weight excluding hydrogens is 326 g/mol. The molecule has 4 nitrogen and oxygen atoms in total. The number of rotatable bonds is 2. The first-order chi connectivity index (χ1) is 12.7. The number of benzene rings is 2. The Bertz CT molecular complexity index is 635. The summed E-state index contributed by atoms with van der Waals surface area (Å²) in [7, 11) is 0. The van der Waals surface area contributed by atoms with E-state index in [1.807, 2.05) is 52.0 Å². The minimum atomic E-state index is -0.225. The first-order valence-electron chi connectivity index (χ1n) is 9.40. The lowest BCUT2D eigenvalue weighted by atomic mass is 9.98. The van der Waals surface area contributed by atoms with Crippen LogP contribution in [0.25, 0.3) is 11.1 Å². The Hall–Kier alpha value is -2.17. The third-order valence-electron chi connectivity index (χ3n) is 3.80. The molecule has 1 aliphatic heterocycles. The van der Waals surface area contributed by atoms with Gasteiger partial charge >= 0.3 is 5.97 Å². The van der Waals surface area contributed by atoms with Crippen molar-refractivity contribution in [1.82, 2.24) is 5.32 Å². The average molecular weight is 357 g/mol. The fraction of sp³-hybridized carbons (Fsp3) is 0.409. The van der Waals surface area contributed by atoms with Gasteiger partial charge in [-0.2, -0.15) is 0 Å².